The van der Waals surface area contributed by atoms with Crippen molar-refractivity contribution in [2.45, 2.75) is 26.4 Å². The first-order valence-electron chi connectivity index (χ1n) is 8.90. The number of aromatic nitrogens is 1. The quantitative estimate of drug-likeness (QED) is 0.449. The second kappa shape index (κ2) is 5.01. The minimum atomic E-state index is -0.213. The van der Waals surface area contributed by atoms with E-state index in [2.05, 4.69) is 85.1 Å². The van der Waals surface area contributed by atoms with Gasteiger partial charge in [0, 0.05) is 24.0 Å². The molecule has 0 unspecified atom stereocenters. The maximum Gasteiger partial charge on any atom is 0.227 e. The molecule has 26 heavy (non-hydrogen) atoms. The molecule has 2 aromatic carbocycles. The maximum absolute atomic E-state index is 6.25. The Labute approximate surface area is 152 Å². The summed E-state index contributed by atoms with van der Waals surface area (Å²) in [5, 5.41) is 2.17. The summed E-state index contributed by atoms with van der Waals surface area (Å²) >= 11 is 0. The molecule has 3 heterocycles. The number of furan rings is 1. The van der Waals surface area contributed by atoms with E-state index in [0.29, 0.717) is 5.71 Å². The normalized spacial score (nSPS) is 15.8. The van der Waals surface area contributed by atoms with Gasteiger partial charge in [0.1, 0.15) is 5.66 Å². The summed E-state index contributed by atoms with van der Waals surface area (Å²) in [6, 6.07) is 16.9. The second-order valence-electron chi connectivity index (χ2n) is 7.44. The van der Waals surface area contributed by atoms with Crippen molar-refractivity contribution in [1.29, 1.82) is 0 Å². The highest BCUT2D eigenvalue weighted by Gasteiger charge is 2.42. The summed E-state index contributed by atoms with van der Waals surface area (Å²) in [5.74, 6) is 0. The van der Waals surface area contributed by atoms with Gasteiger partial charge in [0.05, 0.1) is 17.1 Å². The Balaban J connectivity index is 1.88. The zero-order valence-electron chi connectivity index (χ0n) is 15.4. The minimum absolute atomic E-state index is 0.213. The van der Waals surface area contributed by atoms with E-state index < -0.39 is 0 Å². The Morgan fingerprint density at radius 1 is 0.923 bits per heavy atom. The number of pyridine rings is 1. The standard InChI is InChI=1S/C22H21N3O/c1-14-11-12-15-16-8-7-13-23-21(16)26-20(15)19(14)25-18-10-6-5-9-17(18)24(4)22(25,2)3/h5-13H,1-4H3. The van der Waals surface area contributed by atoms with Crippen molar-refractivity contribution in [3.8, 4) is 0 Å². The fourth-order valence-corrected chi connectivity index (χ4v) is 4.11. The van der Waals surface area contributed by atoms with E-state index in [1.54, 1.807) is 6.20 Å². The first kappa shape index (κ1) is 15.3. The molecule has 4 aromatic rings. The Hall–Kier alpha value is -3.01. The molecule has 0 spiro atoms. The van der Waals surface area contributed by atoms with E-state index in [1.165, 1.54) is 16.9 Å². The molecule has 1 aliphatic rings. The van der Waals surface area contributed by atoms with Crippen LogP contribution in [0.5, 0.6) is 0 Å². The van der Waals surface area contributed by atoms with E-state index in [9.17, 15) is 0 Å². The summed E-state index contributed by atoms with van der Waals surface area (Å²) in [6.07, 6.45) is 1.78. The van der Waals surface area contributed by atoms with Gasteiger partial charge in [0.2, 0.25) is 5.71 Å². The van der Waals surface area contributed by atoms with Gasteiger partial charge in [0.25, 0.3) is 0 Å². The van der Waals surface area contributed by atoms with Crippen molar-refractivity contribution in [2.24, 2.45) is 0 Å². The number of nitrogens with zero attached hydrogens (tertiary/aromatic N) is 3. The molecule has 0 N–H and O–H groups in total. The van der Waals surface area contributed by atoms with Crippen LogP contribution in [0.4, 0.5) is 17.1 Å². The highest BCUT2D eigenvalue weighted by Crippen LogP contribution is 2.51. The highest BCUT2D eigenvalue weighted by molar-refractivity contribution is 6.10. The molecule has 0 radical (unpaired) electrons. The van der Waals surface area contributed by atoms with Crippen LogP contribution in [-0.2, 0) is 0 Å². The number of para-hydroxylation sites is 2. The van der Waals surface area contributed by atoms with Gasteiger partial charge in [0.15, 0.2) is 5.58 Å². The van der Waals surface area contributed by atoms with Gasteiger partial charge in [-0.15, -0.1) is 0 Å². The van der Waals surface area contributed by atoms with Crippen LogP contribution < -0.4 is 9.80 Å². The molecule has 4 heteroatoms. The number of rotatable bonds is 1. The number of hydrogen-bond donors (Lipinski definition) is 0. The first-order valence-corrected chi connectivity index (χ1v) is 8.90. The topological polar surface area (TPSA) is 32.5 Å². The molecule has 5 rings (SSSR count). The molecular formula is C22H21N3O. The van der Waals surface area contributed by atoms with E-state index in [-0.39, 0.29) is 5.66 Å². The third kappa shape index (κ3) is 1.81. The summed E-state index contributed by atoms with van der Waals surface area (Å²) in [6.45, 7) is 6.63. The monoisotopic (exact) mass is 343 g/mol. The van der Waals surface area contributed by atoms with Crippen LogP contribution in [0.1, 0.15) is 19.4 Å². The van der Waals surface area contributed by atoms with Crippen molar-refractivity contribution in [1.82, 2.24) is 4.98 Å². The van der Waals surface area contributed by atoms with Crippen molar-refractivity contribution in [2.75, 3.05) is 16.8 Å². The van der Waals surface area contributed by atoms with Crippen LogP contribution >= 0.6 is 0 Å². The maximum atomic E-state index is 6.25. The van der Waals surface area contributed by atoms with Crippen LogP contribution in [-0.4, -0.2) is 17.7 Å². The highest BCUT2D eigenvalue weighted by atomic mass is 16.3. The molecule has 0 atom stereocenters. The van der Waals surface area contributed by atoms with Gasteiger partial charge in [-0.05, 0) is 50.6 Å². The van der Waals surface area contributed by atoms with Gasteiger partial charge >= 0.3 is 0 Å². The molecule has 1 aliphatic heterocycles. The van der Waals surface area contributed by atoms with E-state index >= 15 is 0 Å². The number of benzene rings is 2. The first-order chi connectivity index (χ1) is 12.5. The van der Waals surface area contributed by atoms with Gasteiger partial charge in [-0.1, -0.05) is 24.3 Å². The summed E-state index contributed by atoms with van der Waals surface area (Å²) in [4.78, 5) is 9.13. The lowest BCUT2D eigenvalue weighted by Crippen LogP contribution is -2.48. The summed E-state index contributed by atoms with van der Waals surface area (Å²) < 4.78 is 6.25. The largest absolute Gasteiger partial charge is 0.435 e. The van der Waals surface area contributed by atoms with E-state index in [1.807, 2.05) is 6.07 Å². The molecule has 0 fully saturated rings. The van der Waals surface area contributed by atoms with E-state index in [0.717, 1.165) is 22.0 Å². The zero-order valence-corrected chi connectivity index (χ0v) is 15.4. The minimum Gasteiger partial charge on any atom is -0.435 e. The van der Waals surface area contributed by atoms with Crippen LogP contribution in [0.25, 0.3) is 22.1 Å². The predicted octanol–water partition coefficient (Wildman–Crippen LogP) is 5.61. The Bertz CT molecular complexity index is 1160. The van der Waals surface area contributed by atoms with Gasteiger partial charge in [-0.3, -0.25) is 0 Å². The molecular weight excluding hydrogens is 322 g/mol. The molecule has 0 saturated heterocycles. The lowest BCUT2D eigenvalue weighted by atomic mass is 10.1. The van der Waals surface area contributed by atoms with Crippen molar-refractivity contribution < 1.29 is 4.42 Å². The Morgan fingerprint density at radius 2 is 1.69 bits per heavy atom. The molecule has 0 saturated carbocycles. The smallest absolute Gasteiger partial charge is 0.227 e. The van der Waals surface area contributed by atoms with Gasteiger partial charge in [-0.2, -0.15) is 0 Å². The fourth-order valence-electron chi connectivity index (χ4n) is 4.11. The molecule has 2 aromatic heterocycles. The van der Waals surface area contributed by atoms with E-state index in [4.69, 9.17) is 4.42 Å². The lowest BCUT2D eigenvalue weighted by Gasteiger charge is -2.39. The van der Waals surface area contributed by atoms with Crippen molar-refractivity contribution >= 4 is 39.1 Å². The third-order valence-electron chi connectivity index (χ3n) is 5.67. The molecule has 0 aliphatic carbocycles. The number of hydrogen-bond acceptors (Lipinski definition) is 4. The number of fused-ring (bicyclic) bond motifs is 4. The molecule has 0 bridgehead atoms. The molecule has 4 nitrogen and oxygen atoms in total. The summed E-state index contributed by atoms with van der Waals surface area (Å²) in [7, 11) is 2.15. The van der Waals surface area contributed by atoms with Crippen LogP contribution in [0, 0.1) is 6.92 Å². The van der Waals surface area contributed by atoms with Gasteiger partial charge < -0.3 is 14.2 Å². The van der Waals surface area contributed by atoms with Crippen molar-refractivity contribution in [3.63, 3.8) is 0 Å². The molecule has 130 valence electrons. The lowest BCUT2D eigenvalue weighted by molar-refractivity contribution is 0.519. The SMILES string of the molecule is Cc1ccc2c(oc3ncccc32)c1N1c2ccccc2N(C)C1(C)C. The average molecular weight is 343 g/mol. The second-order valence-corrected chi connectivity index (χ2v) is 7.44. The van der Waals surface area contributed by atoms with Crippen molar-refractivity contribution in [3.05, 3.63) is 60.3 Å². The summed E-state index contributed by atoms with van der Waals surface area (Å²) in [5.41, 5.74) is 6.10. The van der Waals surface area contributed by atoms with Crippen LogP contribution in [0.2, 0.25) is 0 Å². The zero-order chi connectivity index (χ0) is 18.1. The van der Waals surface area contributed by atoms with Gasteiger partial charge in [-0.25, -0.2) is 4.98 Å². The molecule has 0 amide bonds. The average Bonchev–Trinajstić information content (AvgIpc) is 3.10. The Kier molecular flexibility index (Phi) is 2.94. The number of anilines is 3. The number of aryl methyl sites for hydroxylation is 1. The predicted molar refractivity (Wildman–Crippen MR) is 107 cm³/mol. The third-order valence-corrected chi connectivity index (χ3v) is 5.67. The van der Waals surface area contributed by atoms with Crippen LogP contribution in [0.15, 0.2) is 59.1 Å². The fraction of sp³-hybridized carbons (Fsp3) is 0.227. The van der Waals surface area contributed by atoms with Crippen LogP contribution in [0.3, 0.4) is 0 Å². The Morgan fingerprint density at radius 3 is 2.50 bits per heavy atom.